The van der Waals surface area contributed by atoms with Crippen LogP contribution in [-0.4, -0.2) is 48.2 Å². The van der Waals surface area contributed by atoms with Gasteiger partial charge >= 0.3 is 0 Å². The van der Waals surface area contributed by atoms with Gasteiger partial charge in [-0.25, -0.2) is 8.42 Å². The van der Waals surface area contributed by atoms with Crippen LogP contribution in [-0.2, 0) is 17.1 Å². The molecular formula is C10H18N4O2S. The van der Waals surface area contributed by atoms with E-state index in [1.807, 2.05) is 6.92 Å². The minimum absolute atomic E-state index is 0.0200. The number of nitrogens with one attached hydrogen (secondary N) is 1. The third-order valence-electron chi connectivity index (χ3n) is 3.22. The lowest BCUT2D eigenvalue weighted by Crippen LogP contribution is -2.52. The van der Waals surface area contributed by atoms with Gasteiger partial charge in [-0.2, -0.15) is 9.40 Å². The topological polar surface area (TPSA) is 67.2 Å². The van der Waals surface area contributed by atoms with Gasteiger partial charge in [-0.15, -0.1) is 0 Å². The third-order valence-corrected chi connectivity index (χ3v) is 5.33. The highest BCUT2D eigenvalue weighted by Gasteiger charge is 2.33. The van der Waals surface area contributed by atoms with Gasteiger partial charge in [0.1, 0.15) is 4.90 Å². The van der Waals surface area contributed by atoms with Gasteiger partial charge in [0.05, 0.1) is 11.9 Å². The van der Waals surface area contributed by atoms with Crippen LogP contribution in [0.2, 0.25) is 0 Å². The molecule has 1 aromatic rings. The highest BCUT2D eigenvalue weighted by atomic mass is 32.2. The van der Waals surface area contributed by atoms with Crippen molar-refractivity contribution in [1.29, 1.82) is 0 Å². The Labute approximate surface area is 102 Å². The summed E-state index contributed by atoms with van der Waals surface area (Å²) in [5.41, 5.74) is 0.677. The van der Waals surface area contributed by atoms with Crippen molar-refractivity contribution in [3.8, 4) is 0 Å². The molecule has 0 unspecified atom stereocenters. The Kier molecular flexibility index (Phi) is 3.24. The molecule has 2 rings (SSSR count). The number of aryl methyl sites for hydroxylation is 1. The van der Waals surface area contributed by atoms with Crippen LogP contribution in [0.1, 0.15) is 12.6 Å². The SMILES string of the molecule is Cc1c(S(=O)(=O)N2CCNC[C@@H]2C)cnn1C. The average Bonchev–Trinajstić information content (AvgIpc) is 2.60. The van der Waals surface area contributed by atoms with Crippen LogP contribution in [0.15, 0.2) is 11.1 Å². The number of nitrogens with zero attached hydrogens (tertiary/aromatic N) is 3. The van der Waals surface area contributed by atoms with Crippen molar-refractivity contribution in [2.45, 2.75) is 24.8 Å². The number of hydrogen-bond acceptors (Lipinski definition) is 4. The lowest BCUT2D eigenvalue weighted by Gasteiger charge is -2.32. The standard InChI is InChI=1S/C10H18N4O2S/c1-8-6-11-4-5-14(8)17(15,16)10-7-12-13(3)9(10)2/h7-8,11H,4-6H2,1-3H3/t8-/m0/s1. The molecule has 0 radical (unpaired) electrons. The summed E-state index contributed by atoms with van der Waals surface area (Å²) >= 11 is 0. The molecule has 2 heterocycles. The first-order valence-corrected chi connectivity index (χ1v) is 7.09. The molecule has 1 saturated heterocycles. The highest BCUT2D eigenvalue weighted by molar-refractivity contribution is 7.89. The molecule has 0 bridgehead atoms. The highest BCUT2D eigenvalue weighted by Crippen LogP contribution is 2.21. The first-order chi connectivity index (χ1) is 7.94. The van der Waals surface area contributed by atoms with Gasteiger partial charge in [-0.3, -0.25) is 4.68 Å². The van der Waals surface area contributed by atoms with E-state index in [2.05, 4.69) is 10.4 Å². The lowest BCUT2D eigenvalue weighted by atomic mass is 10.3. The summed E-state index contributed by atoms with van der Waals surface area (Å²) in [5.74, 6) is 0. The predicted molar refractivity (Wildman–Crippen MR) is 64.2 cm³/mol. The second kappa shape index (κ2) is 4.40. The summed E-state index contributed by atoms with van der Waals surface area (Å²) in [6.07, 6.45) is 1.43. The Morgan fingerprint density at radius 3 is 2.76 bits per heavy atom. The molecule has 6 nitrogen and oxygen atoms in total. The van der Waals surface area contributed by atoms with E-state index < -0.39 is 10.0 Å². The fourth-order valence-electron chi connectivity index (χ4n) is 2.04. The lowest BCUT2D eigenvalue weighted by molar-refractivity contribution is 0.283. The molecule has 1 N–H and O–H groups in total. The summed E-state index contributed by atoms with van der Waals surface area (Å²) in [4.78, 5) is 0.314. The van der Waals surface area contributed by atoms with Gasteiger partial charge in [0, 0.05) is 32.7 Å². The van der Waals surface area contributed by atoms with E-state index in [1.165, 1.54) is 6.20 Å². The van der Waals surface area contributed by atoms with Gasteiger partial charge in [-0.1, -0.05) is 0 Å². The molecule has 0 aliphatic carbocycles. The van der Waals surface area contributed by atoms with Crippen LogP contribution in [0.3, 0.4) is 0 Å². The molecule has 0 aromatic carbocycles. The first kappa shape index (κ1) is 12.5. The maximum atomic E-state index is 12.5. The zero-order valence-corrected chi connectivity index (χ0v) is 11.2. The molecule has 0 spiro atoms. The van der Waals surface area contributed by atoms with E-state index in [4.69, 9.17) is 0 Å². The number of aromatic nitrogens is 2. The average molecular weight is 258 g/mol. The van der Waals surface area contributed by atoms with Crippen LogP contribution in [0.25, 0.3) is 0 Å². The van der Waals surface area contributed by atoms with Crippen molar-refractivity contribution in [3.63, 3.8) is 0 Å². The van der Waals surface area contributed by atoms with Crippen molar-refractivity contribution in [2.75, 3.05) is 19.6 Å². The van der Waals surface area contributed by atoms with E-state index in [0.717, 1.165) is 0 Å². The largest absolute Gasteiger partial charge is 0.314 e. The Bertz CT molecular complexity index is 508. The molecule has 0 amide bonds. The van der Waals surface area contributed by atoms with Crippen LogP contribution in [0.5, 0.6) is 0 Å². The van der Waals surface area contributed by atoms with Crippen LogP contribution >= 0.6 is 0 Å². The fourth-order valence-corrected chi connectivity index (χ4v) is 3.86. The molecule has 0 saturated carbocycles. The monoisotopic (exact) mass is 258 g/mol. The first-order valence-electron chi connectivity index (χ1n) is 5.65. The van der Waals surface area contributed by atoms with Crippen molar-refractivity contribution < 1.29 is 8.42 Å². The number of hydrogen-bond donors (Lipinski definition) is 1. The van der Waals surface area contributed by atoms with Crippen molar-refractivity contribution >= 4 is 10.0 Å². The molecule has 1 aromatic heterocycles. The molecular weight excluding hydrogens is 240 g/mol. The second-order valence-electron chi connectivity index (χ2n) is 4.39. The fraction of sp³-hybridized carbons (Fsp3) is 0.700. The maximum Gasteiger partial charge on any atom is 0.246 e. The van der Waals surface area contributed by atoms with Crippen LogP contribution < -0.4 is 5.32 Å². The van der Waals surface area contributed by atoms with Crippen LogP contribution in [0.4, 0.5) is 0 Å². The quantitative estimate of drug-likeness (QED) is 0.791. The number of rotatable bonds is 2. The minimum Gasteiger partial charge on any atom is -0.314 e. The van der Waals surface area contributed by atoms with Gasteiger partial charge in [0.25, 0.3) is 0 Å². The molecule has 1 atom stereocenters. The zero-order chi connectivity index (χ0) is 12.6. The second-order valence-corrected chi connectivity index (χ2v) is 6.25. The number of piperazine rings is 1. The molecule has 17 heavy (non-hydrogen) atoms. The Morgan fingerprint density at radius 2 is 2.24 bits per heavy atom. The van der Waals surface area contributed by atoms with Gasteiger partial charge in [0.2, 0.25) is 10.0 Å². The number of sulfonamides is 1. The Hall–Kier alpha value is -0.920. The van der Waals surface area contributed by atoms with Gasteiger partial charge in [-0.05, 0) is 13.8 Å². The summed E-state index contributed by atoms with van der Waals surface area (Å²) in [5, 5.41) is 7.18. The van der Waals surface area contributed by atoms with Crippen LogP contribution in [0, 0.1) is 6.92 Å². The van der Waals surface area contributed by atoms with E-state index in [9.17, 15) is 8.42 Å². The minimum atomic E-state index is -3.41. The summed E-state index contributed by atoms with van der Waals surface area (Å²) in [7, 11) is -1.67. The predicted octanol–water partition coefficient (Wildman–Crippen LogP) is -0.289. The van der Waals surface area contributed by atoms with Gasteiger partial charge < -0.3 is 5.32 Å². The van der Waals surface area contributed by atoms with E-state index >= 15 is 0 Å². The third kappa shape index (κ3) is 2.10. The van der Waals surface area contributed by atoms with E-state index in [0.29, 0.717) is 30.2 Å². The normalized spacial score (nSPS) is 22.9. The van der Waals surface area contributed by atoms with Gasteiger partial charge in [0.15, 0.2) is 0 Å². The van der Waals surface area contributed by atoms with E-state index in [-0.39, 0.29) is 6.04 Å². The van der Waals surface area contributed by atoms with E-state index in [1.54, 1.807) is 23.0 Å². The maximum absolute atomic E-state index is 12.5. The summed E-state index contributed by atoms with van der Waals surface area (Å²) in [6, 6.07) is -0.0200. The Morgan fingerprint density at radius 1 is 1.53 bits per heavy atom. The molecule has 7 heteroatoms. The van der Waals surface area contributed by atoms with Crippen molar-refractivity contribution in [2.24, 2.45) is 7.05 Å². The molecule has 1 aliphatic rings. The summed E-state index contributed by atoms with van der Waals surface area (Å²) < 4.78 is 28.1. The summed E-state index contributed by atoms with van der Waals surface area (Å²) in [6.45, 7) is 5.58. The Balaban J connectivity index is 2.39. The molecule has 1 fully saturated rings. The molecule has 96 valence electrons. The smallest absolute Gasteiger partial charge is 0.246 e. The van der Waals surface area contributed by atoms with Crippen molar-refractivity contribution in [1.82, 2.24) is 19.4 Å². The zero-order valence-electron chi connectivity index (χ0n) is 10.3. The molecule has 1 aliphatic heterocycles. The van der Waals surface area contributed by atoms with Crippen molar-refractivity contribution in [3.05, 3.63) is 11.9 Å².